The number of amides is 2. The number of aliphatic hydroxyl groups is 1. The van der Waals surface area contributed by atoms with Gasteiger partial charge in [0, 0.05) is 31.2 Å². The Bertz CT molecular complexity index is 787. The summed E-state index contributed by atoms with van der Waals surface area (Å²) in [4.78, 5) is 23.5. The number of hydrogen-bond acceptors (Lipinski definition) is 4. The van der Waals surface area contributed by atoms with Gasteiger partial charge in [0.15, 0.2) is 0 Å². The van der Waals surface area contributed by atoms with E-state index in [2.05, 4.69) is 15.4 Å². The van der Waals surface area contributed by atoms with Crippen molar-refractivity contribution in [2.24, 2.45) is 7.05 Å². The first-order valence-electron chi connectivity index (χ1n) is 7.90. The van der Waals surface area contributed by atoms with Crippen molar-refractivity contribution in [3.63, 3.8) is 0 Å². The van der Waals surface area contributed by atoms with Gasteiger partial charge in [-0.2, -0.15) is 0 Å². The second-order valence-electron chi connectivity index (χ2n) is 5.63. The van der Waals surface area contributed by atoms with Gasteiger partial charge in [-0.05, 0) is 42.8 Å². The molecule has 0 aliphatic heterocycles. The first-order valence-corrected chi connectivity index (χ1v) is 7.90. The van der Waals surface area contributed by atoms with Gasteiger partial charge >= 0.3 is 18.2 Å². The summed E-state index contributed by atoms with van der Waals surface area (Å²) in [6.07, 6.45) is -3.63. The molecule has 1 aromatic heterocycles. The van der Waals surface area contributed by atoms with Gasteiger partial charge in [0.05, 0.1) is 6.10 Å². The zero-order chi connectivity index (χ0) is 20.0. The van der Waals surface area contributed by atoms with E-state index >= 15 is 0 Å². The highest BCUT2D eigenvalue weighted by Gasteiger charge is 2.31. The quantitative estimate of drug-likeness (QED) is 0.664. The van der Waals surface area contributed by atoms with Gasteiger partial charge in [-0.15, -0.1) is 13.2 Å². The van der Waals surface area contributed by atoms with Crippen LogP contribution in [0.5, 0.6) is 5.75 Å². The van der Waals surface area contributed by atoms with Crippen LogP contribution in [0.15, 0.2) is 42.6 Å². The highest BCUT2D eigenvalue weighted by atomic mass is 19.4. The predicted octanol–water partition coefficient (Wildman–Crippen LogP) is 2.10. The Morgan fingerprint density at radius 1 is 1.19 bits per heavy atom. The van der Waals surface area contributed by atoms with Crippen LogP contribution in [0.25, 0.3) is 0 Å². The number of carbonyl (C=O) groups excluding carboxylic acids is 2. The van der Waals surface area contributed by atoms with E-state index in [1.165, 1.54) is 12.1 Å². The van der Waals surface area contributed by atoms with E-state index in [1.807, 2.05) is 0 Å². The van der Waals surface area contributed by atoms with Crippen molar-refractivity contribution in [3.05, 3.63) is 48.3 Å². The maximum Gasteiger partial charge on any atom is 0.573 e. The average Bonchev–Trinajstić information content (AvgIpc) is 3.01. The Morgan fingerprint density at radius 3 is 2.41 bits per heavy atom. The minimum Gasteiger partial charge on any atom is -0.406 e. The lowest BCUT2D eigenvalue weighted by Crippen LogP contribution is -2.36. The van der Waals surface area contributed by atoms with E-state index in [0.29, 0.717) is 5.69 Å². The average molecular weight is 385 g/mol. The Hall–Kier alpha value is -3.01. The molecule has 0 fully saturated rings. The number of anilines is 1. The number of alkyl halides is 3. The molecule has 146 valence electrons. The molecule has 27 heavy (non-hydrogen) atoms. The van der Waals surface area contributed by atoms with E-state index in [1.54, 1.807) is 29.9 Å². The van der Waals surface area contributed by atoms with Crippen LogP contribution in [-0.2, 0) is 16.6 Å². The minimum absolute atomic E-state index is 0.0664. The molecule has 2 rings (SSSR count). The van der Waals surface area contributed by atoms with Crippen molar-refractivity contribution in [3.8, 4) is 5.75 Å². The molecule has 0 spiro atoms. The number of hydrogen-bond donors (Lipinski definition) is 3. The van der Waals surface area contributed by atoms with Crippen molar-refractivity contribution in [1.29, 1.82) is 0 Å². The zero-order valence-electron chi connectivity index (χ0n) is 14.3. The summed E-state index contributed by atoms with van der Waals surface area (Å²) in [7, 11) is 1.77. The Balaban J connectivity index is 1.78. The Labute approximate surface area is 152 Å². The third-order valence-electron chi connectivity index (χ3n) is 3.58. The molecule has 1 aromatic carbocycles. The van der Waals surface area contributed by atoms with Crippen LogP contribution >= 0.6 is 0 Å². The van der Waals surface area contributed by atoms with Gasteiger partial charge in [0.1, 0.15) is 5.75 Å². The van der Waals surface area contributed by atoms with Gasteiger partial charge in [-0.3, -0.25) is 9.59 Å². The highest BCUT2D eigenvalue weighted by Crippen LogP contribution is 2.23. The molecule has 3 N–H and O–H groups in total. The number of rotatable bonds is 6. The maximum absolute atomic E-state index is 12.1. The predicted molar refractivity (Wildman–Crippen MR) is 89.8 cm³/mol. The smallest absolute Gasteiger partial charge is 0.406 e. The van der Waals surface area contributed by atoms with Crippen LogP contribution < -0.4 is 15.4 Å². The van der Waals surface area contributed by atoms with Gasteiger partial charge < -0.3 is 25.0 Å². The Morgan fingerprint density at radius 2 is 1.85 bits per heavy atom. The van der Waals surface area contributed by atoms with Crippen molar-refractivity contribution in [1.82, 2.24) is 9.88 Å². The monoisotopic (exact) mass is 385 g/mol. The van der Waals surface area contributed by atoms with Crippen molar-refractivity contribution in [2.75, 3.05) is 11.9 Å². The fourth-order valence-corrected chi connectivity index (χ4v) is 2.30. The van der Waals surface area contributed by atoms with E-state index in [0.717, 1.165) is 12.1 Å². The molecule has 7 nitrogen and oxygen atoms in total. The molecule has 0 bridgehead atoms. The number of aromatic nitrogens is 1. The molecule has 0 saturated heterocycles. The third-order valence-corrected chi connectivity index (χ3v) is 3.58. The van der Waals surface area contributed by atoms with Crippen LogP contribution in [0.3, 0.4) is 0 Å². The molecule has 0 radical (unpaired) electrons. The summed E-state index contributed by atoms with van der Waals surface area (Å²) in [5, 5.41) is 14.6. The second-order valence-corrected chi connectivity index (χ2v) is 5.63. The molecule has 0 aliphatic carbocycles. The molecule has 0 unspecified atom stereocenters. The van der Waals surface area contributed by atoms with Gasteiger partial charge in [0.2, 0.25) is 0 Å². The molecule has 1 heterocycles. The third kappa shape index (κ3) is 6.33. The van der Waals surface area contributed by atoms with Crippen LogP contribution in [0.1, 0.15) is 18.2 Å². The molecule has 1 atom stereocenters. The summed E-state index contributed by atoms with van der Waals surface area (Å²) in [5.41, 5.74) is 0.809. The topological polar surface area (TPSA) is 92.6 Å². The largest absolute Gasteiger partial charge is 0.573 e. The number of nitrogens with one attached hydrogen (secondary N) is 2. The number of halogens is 3. The molecule has 0 saturated carbocycles. The maximum atomic E-state index is 12.1. The summed E-state index contributed by atoms with van der Waals surface area (Å²) in [6, 6.07) is 7.88. The van der Waals surface area contributed by atoms with Crippen LogP contribution in [0.4, 0.5) is 18.9 Å². The highest BCUT2D eigenvalue weighted by molar-refractivity contribution is 6.39. The lowest BCUT2D eigenvalue weighted by Gasteiger charge is -2.12. The fourth-order valence-electron chi connectivity index (χ4n) is 2.30. The normalized spacial score (nSPS) is 12.3. The lowest BCUT2D eigenvalue weighted by molar-refractivity contribution is -0.274. The van der Waals surface area contributed by atoms with E-state index in [9.17, 15) is 27.9 Å². The number of benzene rings is 1. The first-order chi connectivity index (χ1) is 12.7. The standard InChI is InChI=1S/C17H18F3N3O4/c1-23-10-2-3-13(23)14(24)8-9-21-15(25)16(26)22-11-4-6-12(7-5-11)27-17(18,19)20/h2-7,10,14,24H,8-9H2,1H3,(H,21,25)(H,22,26)/t14-/m1/s1. The number of carbonyl (C=O) groups is 2. The summed E-state index contributed by atoms with van der Waals surface area (Å²) >= 11 is 0. The Kier molecular flexibility index (Phi) is 6.45. The van der Waals surface area contributed by atoms with Crippen LogP contribution in [0.2, 0.25) is 0 Å². The van der Waals surface area contributed by atoms with Crippen molar-refractivity contribution >= 4 is 17.5 Å². The number of aliphatic hydroxyl groups excluding tert-OH is 1. The zero-order valence-corrected chi connectivity index (χ0v) is 14.3. The number of nitrogens with zero attached hydrogens (tertiary/aromatic N) is 1. The van der Waals surface area contributed by atoms with Crippen LogP contribution in [-0.4, -0.2) is 34.4 Å². The lowest BCUT2D eigenvalue weighted by atomic mass is 10.2. The fraction of sp³-hybridized carbons (Fsp3) is 0.294. The van der Waals surface area contributed by atoms with Crippen molar-refractivity contribution in [2.45, 2.75) is 18.9 Å². The van der Waals surface area contributed by atoms with Crippen LogP contribution in [0, 0.1) is 0 Å². The summed E-state index contributed by atoms with van der Waals surface area (Å²) in [6.45, 7) is 0.0664. The molecule has 10 heteroatoms. The van der Waals surface area contributed by atoms with Gasteiger partial charge in [0.25, 0.3) is 0 Å². The summed E-state index contributed by atoms with van der Waals surface area (Å²) < 4.78 is 41.7. The minimum atomic E-state index is -4.81. The van der Waals surface area contributed by atoms with E-state index < -0.39 is 30.0 Å². The molecule has 0 aliphatic rings. The first kappa shape index (κ1) is 20.3. The van der Waals surface area contributed by atoms with E-state index in [-0.39, 0.29) is 18.7 Å². The molecule has 2 aromatic rings. The van der Waals surface area contributed by atoms with Gasteiger partial charge in [-0.25, -0.2) is 0 Å². The van der Waals surface area contributed by atoms with E-state index in [4.69, 9.17) is 0 Å². The number of ether oxygens (including phenoxy) is 1. The second kappa shape index (κ2) is 8.58. The molecular formula is C17H18F3N3O4. The SMILES string of the molecule is Cn1cccc1[C@H](O)CCNC(=O)C(=O)Nc1ccc(OC(F)(F)F)cc1. The number of aryl methyl sites for hydroxylation is 1. The van der Waals surface area contributed by atoms with Gasteiger partial charge in [-0.1, -0.05) is 0 Å². The molecular weight excluding hydrogens is 367 g/mol. The summed E-state index contributed by atoms with van der Waals surface area (Å²) in [5.74, 6) is -2.35. The van der Waals surface area contributed by atoms with Crippen molar-refractivity contribution < 1.29 is 32.6 Å². The molecule has 2 amide bonds.